The zero-order valence-electron chi connectivity index (χ0n) is 9.58. The second-order valence-corrected chi connectivity index (χ2v) is 5.08. The van der Waals surface area contributed by atoms with Crippen LogP contribution in [0.2, 0.25) is 0 Å². The maximum atomic E-state index is 11.6. The summed E-state index contributed by atoms with van der Waals surface area (Å²) < 4.78 is 4.79. The van der Waals surface area contributed by atoms with Crippen LogP contribution < -0.4 is 5.73 Å². The molecule has 2 aliphatic heterocycles. The molecule has 0 aliphatic carbocycles. The van der Waals surface area contributed by atoms with Crippen LogP contribution in [0.3, 0.4) is 0 Å². The summed E-state index contributed by atoms with van der Waals surface area (Å²) in [5.41, 5.74) is 5.90. The van der Waals surface area contributed by atoms with E-state index in [9.17, 15) is 14.4 Å². The van der Waals surface area contributed by atoms with Crippen LogP contribution in [-0.4, -0.2) is 51.6 Å². The zero-order chi connectivity index (χ0) is 13.4. The molecule has 18 heavy (non-hydrogen) atoms. The molecule has 2 heterocycles. The number of carboxylic acid groups (broad SMARTS) is 1. The number of ether oxygens (including phenoxy) is 1. The Kier molecular flexibility index (Phi) is 3.31. The number of β-lactam (4-membered cyclic amide) rings is 1. The van der Waals surface area contributed by atoms with E-state index >= 15 is 0 Å². The smallest absolute Gasteiger partial charge is 0.352 e. The first kappa shape index (κ1) is 12.9. The molecular formula is C10H12N2O5S. The fourth-order valence-corrected chi connectivity index (χ4v) is 3.15. The van der Waals surface area contributed by atoms with Crippen molar-refractivity contribution in [2.75, 3.05) is 12.4 Å². The molecule has 1 saturated heterocycles. The molecule has 1 amide bonds. The van der Waals surface area contributed by atoms with Crippen molar-refractivity contribution in [3.05, 3.63) is 11.3 Å². The Labute approximate surface area is 107 Å². The molecule has 0 aromatic heterocycles. The summed E-state index contributed by atoms with van der Waals surface area (Å²) in [7, 11) is 0. The molecule has 0 saturated carbocycles. The summed E-state index contributed by atoms with van der Waals surface area (Å²) in [5, 5.41) is 8.83. The second kappa shape index (κ2) is 4.62. The fourth-order valence-electron chi connectivity index (χ4n) is 1.88. The third kappa shape index (κ3) is 1.97. The van der Waals surface area contributed by atoms with E-state index in [2.05, 4.69) is 0 Å². The van der Waals surface area contributed by atoms with Gasteiger partial charge in [-0.15, -0.1) is 11.8 Å². The number of rotatable bonds is 3. The van der Waals surface area contributed by atoms with Crippen molar-refractivity contribution < 1.29 is 24.2 Å². The van der Waals surface area contributed by atoms with E-state index in [4.69, 9.17) is 15.6 Å². The molecule has 0 aromatic rings. The average molecular weight is 272 g/mol. The van der Waals surface area contributed by atoms with Crippen LogP contribution in [0.4, 0.5) is 0 Å². The number of carbonyl (C=O) groups is 3. The third-order valence-electron chi connectivity index (χ3n) is 2.74. The Morgan fingerprint density at radius 1 is 1.61 bits per heavy atom. The quantitative estimate of drug-likeness (QED) is 0.507. The van der Waals surface area contributed by atoms with E-state index < -0.39 is 23.9 Å². The number of fused-ring (bicyclic) bond motifs is 1. The van der Waals surface area contributed by atoms with Crippen molar-refractivity contribution in [2.24, 2.45) is 5.73 Å². The van der Waals surface area contributed by atoms with Gasteiger partial charge in [-0.2, -0.15) is 0 Å². The van der Waals surface area contributed by atoms with Crippen molar-refractivity contribution in [1.29, 1.82) is 0 Å². The number of aliphatic carboxylic acids is 1. The number of hydrogen-bond donors (Lipinski definition) is 2. The van der Waals surface area contributed by atoms with Crippen LogP contribution in [0.5, 0.6) is 0 Å². The van der Waals surface area contributed by atoms with Crippen LogP contribution >= 0.6 is 11.8 Å². The molecule has 2 atom stereocenters. The number of nitrogens with two attached hydrogens (primary N) is 1. The number of carboxylic acids is 1. The van der Waals surface area contributed by atoms with Gasteiger partial charge >= 0.3 is 11.9 Å². The highest BCUT2D eigenvalue weighted by Crippen LogP contribution is 2.39. The predicted octanol–water partition coefficient (Wildman–Crippen LogP) is -0.869. The lowest BCUT2D eigenvalue weighted by atomic mass is 10.0. The number of carbonyl (C=O) groups excluding carboxylic acids is 2. The van der Waals surface area contributed by atoms with E-state index in [1.807, 2.05) is 0 Å². The maximum absolute atomic E-state index is 11.6. The molecule has 0 aromatic carbocycles. The first-order valence-electron chi connectivity index (χ1n) is 5.22. The second-order valence-electron chi connectivity index (χ2n) is 3.97. The lowest BCUT2D eigenvalue weighted by Gasteiger charge is -2.47. The van der Waals surface area contributed by atoms with Crippen molar-refractivity contribution in [3.63, 3.8) is 0 Å². The Bertz CT molecular complexity index is 461. The minimum atomic E-state index is -1.21. The summed E-state index contributed by atoms with van der Waals surface area (Å²) in [5.74, 6) is -1.73. The van der Waals surface area contributed by atoms with Gasteiger partial charge in [-0.3, -0.25) is 14.5 Å². The van der Waals surface area contributed by atoms with Crippen LogP contribution in [0.25, 0.3) is 0 Å². The maximum Gasteiger partial charge on any atom is 0.352 e. The number of thioether (sulfide) groups is 1. The van der Waals surface area contributed by atoms with Gasteiger partial charge in [0.05, 0.1) is 0 Å². The highest BCUT2D eigenvalue weighted by molar-refractivity contribution is 8.00. The highest BCUT2D eigenvalue weighted by atomic mass is 32.2. The van der Waals surface area contributed by atoms with Gasteiger partial charge in [0.2, 0.25) is 5.91 Å². The summed E-state index contributed by atoms with van der Waals surface area (Å²) in [6.45, 7) is 1.13. The van der Waals surface area contributed by atoms with Crippen molar-refractivity contribution in [3.8, 4) is 0 Å². The monoisotopic (exact) mass is 272 g/mol. The van der Waals surface area contributed by atoms with Crippen molar-refractivity contribution in [1.82, 2.24) is 4.90 Å². The first-order chi connectivity index (χ1) is 8.43. The van der Waals surface area contributed by atoms with Gasteiger partial charge in [0, 0.05) is 18.2 Å². The molecule has 0 bridgehead atoms. The summed E-state index contributed by atoms with van der Waals surface area (Å²) >= 11 is 1.37. The molecule has 0 spiro atoms. The topological polar surface area (TPSA) is 110 Å². The lowest BCUT2D eigenvalue weighted by Crippen LogP contribution is -2.68. The Balaban J connectivity index is 2.26. The van der Waals surface area contributed by atoms with Crippen LogP contribution in [0, 0.1) is 0 Å². The lowest BCUT2D eigenvalue weighted by molar-refractivity contribution is -0.148. The van der Waals surface area contributed by atoms with Crippen LogP contribution in [0.1, 0.15) is 6.92 Å². The number of esters is 1. The highest BCUT2D eigenvalue weighted by Gasteiger charge is 2.51. The standard InChI is InChI=1S/C10H12N2O5S/c1-4(13)17-2-5-3-18-9-6(11)8(14)12(9)7(5)10(15)16/h6,9H,2-3,11H2,1H3,(H,15,16)/t6?,9-/m0/s1. The van der Waals surface area contributed by atoms with E-state index in [0.717, 1.165) is 0 Å². The molecule has 1 unspecified atom stereocenters. The summed E-state index contributed by atoms with van der Waals surface area (Å²) in [6.07, 6.45) is 0. The molecule has 0 radical (unpaired) electrons. The van der Waals surface area contributed by atoms with Crippen LogP contribution in [-0.2, 0) is 19.1 Å². The van der Waals surface area contributed by atoms with E-state index in [0.29, 0.717) is 11.3 Å². The molecule has 2 rings (SSSR count). The minimum absolute atomic E-state index is 0.105. The molecule has 1 fully saturated rings. The van der Waals surface area contributed by atoms with Crippen molar-refractivity contribution in [2.45, 2.75) is 18.3 Å². The van der Waals surface area contributed by atoms with Gasteiger partial charge in [-0.1, -0.05) is 0 Å². The van der Waals surface area contributed by atoms with E-state index in [-0.39, 0.29) is 17.7 Å². The van der Waals surface area contributed by atoms with Gasteiger partial charge in [-0.25, -0.2) is 4.79 Å². The molecule has 8 heteroatoms. The summed E-state index contributed by atoms with van der Waals surface area (Å²) in [4.78, 5) is 34.7. The van der Waals surface area contributed by atoms with E-state index in [1.165, 1.54) is 23.6 Å². The van der Waals surface area contributed by atoms with Gasteiger partial charge < -0.3 is 15.6 Å². The Morgan fingerprint density at radius 3 is 2.83 bits per heavy atom. The number of hydrogen-bond acceptors (Lipinski definition) is 6. The molecule has 2 aliphatic rings. The molecular weight excluding hydrogens is 260 g/mol. The van der Waals surface area contributed by atoms with Gasteiger partial charge in [0.1, 0.15) is 23.7 Å². The molecule has 7 nitrogen and oxygen atoms in total. The third-order valence-corrected chi connectivity index (χ3v) is 4.10. The average Bonchev–Trinajstić information content (AvgIpc) is 2.33. The fraction of sp³-hybridized carbons (Fsp3) is 0.500. The predicted molar refractivity (Wildman–Crippen MR) is 62.4 cm³/mol. The SMILES string of the molecule is CC(=O)OCC1=C(C(=O)O)N2C(=O)C(N)[C@@H]2SC1. The molecule has 3 N–H and O–H groups in total. The van der Waals surface area contributed by atoms with E-state index in [1.54, 1.807) is 0 Å². The first-order valence-corrected chi connectivity index (χ1v) is 6.27. The number of amides is 1. The number of nitrogens with zero attached hydrogens (tertiary/aromatic N) is 1. The van der Waals surface area contributed by atoms with Crippen molar-refractivity contribution >= 4 is 29.6 Å². The van der Waals surface area contributed by atoms with Gasteiger partial charge in [0.25, 0.3) is 0 Å². The van der Waals surface area contributed by atoms with Gasteiger partial charge in [0.15, 0.2) is 0 Å². The van der Waals surface area contributed by atoms with Crippen LogP contribution in [0.15, 0.2) is 11.3 Å². The normalized spacial score (nSPS) is 26.6. The zero-order valence-corrected chi connectivity index (χ0v) is 10.4. The van der Waals surface area contributed by atoms with Gasteiger partial charge in [-0.05, 0) is 0 Å². The Hall–Kier alpha value is -1.54. The Morgan fingerprint density at radius 2 is 2.28 bits per heavy atom. The summed E-state index contributed by atoms with van der Waals surface area (Å²) in [6, 6.07) is -0.653. The largest absolute Gasteiger partial charge is 0.477 e. The molecule has 98 valence electrons. The minimum Gasteiger partial charge on any atom is -0.477 e.